The Morgan fingerprint density at radius 1 is 0.917 bits per heavy atom. The van der Waals surface area contributed by atoms with E-state index in [1.54, 1.807) is 0 Å². The molecule has 0 aromatic heterocycles. The van der Waals surface area contributed by atoms with E-state index < -0.39 is 11.9 Å². The molecule has 4 unspecified atom stereocenters. The van der Waals surface area contributed by atoms with Gasteiger partial charge in [-0.1, -0.05) is 12.8 Å². The lowest BCUT2D eigenvalue weighted by atomic mass is 9.84. The van der Waals surface area contributed by atoms with Crippen LogP contribution in [-0.2, 0) is 9.59 Å². The summed E-state index contributed by atoms with van der Waals surface area (Å²) in [5, 5.41) is 26.8. The number of hydrogen-bond acceptors (Lipinski definition) is 8. The van der Waals surface area contributed by atoms with Crippen molar-refractivity contribution >= 4 is 23.6 Å². The van der Waals surface area contributed by atoms with Gasteiger partial charge in [-0.2, -0.15) is 10.2 Å². The molecule has 0 amide bonds. The maximum absolute atomic E-state index is 11.1. The number of hydrogen-bond donors (Lipinski definition) is 4. The van der Waals surface area contributed by atoms with Gasteiger partial charge in [-0.3, -0.25) is 20.4 Å². The Morgan fingerprint density at radius 3 is 1.71 bits per heavy atom. The molecule has 130 valence electrons. The number of fused-ring (bicyclic) bond motifs is 6. The number of nitrogens with zero attached hydrogens (tertiary/aromatic N) is 4. The molecule has 1 saturated carbocycles. The predicted molar refractivity (Wildman–Crippen MR) is 82.9 cm³/mol. The molecule has 0 spiro atoms. The quantitative estimate of drug-likeness (QED) is 0.533. The van der Waals surface area contributed by atoms with E-state index >= 15 is 0 Å². The van der Waals surface area contributed by atoms with Gasteiger partial charge in [-0.15, -0.1) is 0 Å². The summed E-state index contributed by atoms with van der Waals surface area (Å²) >= 11 is 0. The number of rotatable bonds is 4. The highest BCUT2D eigenvalue weighted by Gasteiger charge is 2.54. The Hall–Kier alpha value is -2.52. The molecule has 4 rings (SSSR count). The molecule has 0 radical (unpaired) electrons. The number of carboxylic acids is 2. The van der Waals surface area contributed by atoms with Crippen molar-refractivity contribution in [3.8, 4) is 0 Å². The molecule has 4 atom stereocenters. The fourth-order valence-electron chi connectivity index (χ4n) is 4.36. The van der Waals surface area contributed by atoms with E-state index in [0.29, 0.717) is 11.7 Å². The average Bonchev–Trinajstić information content (AvgIpc) is 3.11. The number of hydrazone groups is 2. The van der Waals surface area contributed by atoms with Gasteiger partial charge in [0, 0.05) is 0 Å². The molecule has 10 heteroatoms. The van der Waals surface area contributed by atoms with Crippen LogP contribution in [0.15, 0.2) is 10.2 Å². The van der Waals surface area contributed by atoms with Crippen LogP contribution in [0.1, 0.15) is 38.5 Å². The molecule has 2 fully saturated rings. The van der Waals surface area contributed by atoms with Crippen LogP contribution in [0.4, 0.5) is 0 Å². The summed E-state index contributed by atoms with van der Waals surface area (Å²) in [4.78, 5) is 26.4. The van der Waals surface area contributed by atoms with Gasteiger partial charge in [0.05, 0.1) is 12.1 Å². The molecule has 4 aliphatic rings. The maximum Gasteiger partial charge on any atom is 0.311 e. The molecule has 0 aromatic carbocycles. The van der Waals surface area contributed by atoms with Crippen LogP contribution in [0.5, 0.6) is 0 Å². The third-order valence-electron chi connectivity index (χ3n) is 5.17. The first-order chi connectivity index (χ1) is 11.6. The Balaban J connectivity index is 1.64. The molecule has 0 aromatic rings. The van der Waals surface area contributed by atoms with E-state index in [1.165, 1.54) is 0 Å². The summed E-state index contributed by atoms with van der Waals surface area (Å²) in [6.07, 6.45) is 3.28. The third-order valence-corrected chi connectivity index (χ3v) is 5.17. The van der Waals surface area contributed by atoms with E-state index in [4.69, 9.17) is 10.2 Å². The Labute approximate surface area is 138 Å². The van der Waals surface area contributed by atoms with Crippen molar-refractivity contribution in [2.75, 3.05) is 0 Å². The molecule has 1 saturated heterocycles. The summed E-state index contributed by atoms with van der Waals surface area (Å²) in [5.41, 5.74) is 6.04. The van der Waals surface area contributed by atoms with Gasteiger partial charge in [0.15, 0.2) is 12.3 Å². The second-order valence-electron chi connectivity index (χ2n) is 6.58. The lowest BCUT2D eigenvalue weighted by Crippen LogP contribution is -2.72. The van der Waals surface area contributed by atoms with Gasteiger partial charge in [0.2, 0.25) is 0 Å². The second-order valence-corrected chi connectivity index (χ2v) is 6.58. The van der Waals surface area contributed by atoms with E-state index in [0.717, 1.165) is 25.7 Å². The summed E-state index contributed by atoms with van der Waals surface area (Å²) < 4.78 is 0. The smallest absolute Gasteiger partial charge is 0.311 e. The first-order valence-electron chi connectivity index (χ1n) is 8.20. The summed E-state index contributed by atoms with van der Waals surface area (Å²) in [5.74, 6) is -0.739. The van der Waals surface area contributed by atoms with Crippen molar-refractivity contribution in [3.05, 3.63) is 0 Å². The predicted octanol–water partition coefficient (Wildman–Crippen LogP) is -0.650. The largest absolute Gasteiger partial charge is 0.481 e. The molecule has 10 nitrogen and oxygen atoms in total. The normalized spacial score (nSPS) is 33.5. The zero-order valence-electron chi connectivity index (χ0n) is 13.1. The Kier molecular flexibility index (Phi) is 3.47. The SMILES string of the molecule is O=C(O)CC1=NNC2C3NN=C(CC(=O)O)N3C3CCCCC3N12. The number of carboxylic acid groups (broad SMARTS) is 2. The molecular formula is C14H20N6O4. The van der Waals surface area contributed by atoms with Gasteiger partial charge < -0.3 is 20.0 Å². The maximum atomic E-state index is 11.1. The first-order valence-corrected chi connectivity index (χ1v) is 8.20. The minimum atomic E-state index is -0.909. The van der Waals surface area contributed by atoms with Crippen molar-refractivity contribution in [2.45, 2.75) is 62.9 Å². The second kappa shape index (κ2) is 5.53. The highest BCUT2D eigenvalue weighted by atomic mass is 16.4. The molecule has 4 N–H and O–H groups in total. The van der Waals surface area contributed by atoms with Crippen LogP contribution < -0.4 is 10.9 Å². The van der Waals surface area contributed by atoms with Crippen molar-refractivity contribution in [1.29, 1.82) is 0 Å². The third kappa shape index (κ3) is 2.24. The number of amidine groups is 2. The number of carbonyl (C=O) groups is 2. The topological polar surface area (TPSA) is 130 Å². The van der Waals surface area contributed by atoms with Crippen LogP contribution in [0.25, 0.3) is 0 Å². The highest BCUT2D eigenvalue weighted by molar-refractivity contribution is 6.00. The number of piperazine rings is 1. The van der Waals surface area contributed by atoms with Crippen molar-refractivity contribution in [3.63, 3.8) is 0 Å². The van der Waals surface area contributed by atoms with Crippen LogP contribution in [0.3, 0.4) is 0 Å². The first kappa shape index (κ1) is 15.0. The molecule has 3 aliphatic heterocycles. The minimum absolute atomic E-state index is 0.118. The van der Waals surface area contributed by atoms with Crippen LogP contribution >= 0.6 is 0 Å². The highest BCUT2D eigenvalue weighted by Crippen LogP contribution is 2.38. The standard InChI is InChI=1S/C14H20N6O4/c21-11(22)5-9-15-17-13-14-18-16-10(6-12(23)24)20(14)8-4-2-1-3-7(8)19(9)13/h7-8,13-14,17-18H,1-6H2,(H,21,22)(H,23,24). The van der Waals surface area contributed by atoms with Crippen molar-refractivity contribution < 1.29 is 19.8 Å². The van der Waals surface area contributed by atoms with Gasteiger partial charge in [-0.25, -0.2) is 0 Å². The zero-order valence-corrected chi connectivity index (χ0v) is 13.1. The lowest BCUT2D eigenvalue weighted by Gasteiger charge is -2.54. The molecule has 1 aliphatic carbocycles. The zero-order chi connectivity index (χ0) is 16.8. The van der Waals surface area contributed by atoms with E-state index in [-0.39, 0.29) is 37.3 Å². The van der Waals surface area contributed by atoms with Crippen LogP contribution in [0.2, 0.25) is 0 Å². The van der Waals surface area contributed by atoms with Gasteiger partial charge in [0.1, 0.15) is 24.5 Å². The summed E-state index contributed by atoms with van der Waals surface area (Å²) in [6, 6.07) is 0.235. The molecule has 3 heterocycles. The van der Waals surface area contributed by atoms with Crippen LogP contribution in [-0.4, -0.2) is 68.0 Å². The van der Waals surface area contributed by atoms with Gasteiger partial charge >= 0.3 is 11.9 Å². The number of aliphatic carboxylic acids is 2. The van der Waals surface area contributed by atoms with Gasteiger partial charge in [-0.05, 0) is 12.8 Å². The molecule has 24 heavy (non-hydrogen) atoms. The van der Waals surface area contributed by atoms with E-state index in [9.17, 15) is 9.59 Å². The monoisotopic (exact) mass is 336 g/mol. The fraction of sp³-hybridized carbons (Fsp3) is 0.714. The Bertz CT molecular complexity index is 581. The Morgan fingerprint density at radius 2 is 1.33 bits per heavy atom. The average molecular weight is 336 g/mol. The number of nitrogens with one attached hydrogen (secondary N) is 2. The van der Waals surface area contributed by atoms with E-state index in [2.05, 4.69) is 30.9 Å². The fourth-order valence-corrected chi connectivity index (χ4v) is 4.36. The molecular weight excluding hydrogens is 316 g/mol. The van der Waals surface area contributed by atoms with Gasteiger partial charge in [0.25, 0.3) is 0 Å². The summed E-state index contributed by atoms with van der Waals surface area (Å²) in [7, 11) is 0. The molecule has 0 bridgehead atoms. The van der Waals surface area contributed by atoms with Crippen molar-refractivity contribution in [1.82, 2.24) is 20.7 Å². The minimum Gasteiger partial charge on any atom is -0.481 e. The van der Waals surface area contributed by atoms with Crippen LogP contribution in [0, 0.1) is 0 Å². The van der Waals surface area contributed by atoms with E-state index in [1.807, 2.05) is 0 Å². The lowest BCUT2D eigenvalue weighted by molar-refractivity contribution is -0.137. The van der Waals surface area contributed by atoms with Crippen molar-refractivity contribution in [2.24, 2.45) is 10.2 Å². The summed E-state index contributed by atoms with van der Waals surface area (Å²) in [6.45, 7) is 0.